The Bertz CT molecular complexity index is 1270. The van der Waals surface area contributed by atoms with Gasteiger partial charge in [0.1, 0.15) is 11.0 Å². The van der Waals surface area contributed by atoms with Gasteiger partial charge in [-0.3, -0.25) is 9.82 Å². The van der Waals surface area contributed by atoms with Crippen LogP contribution < -0.4 is 4.72 Å². The summed E-state index contributed by atoms with van der Waals surface area (Å²) >= 11 is 0. The lowest BCUT2D eigenvalue weighted by molar-refractivity contribution is 0.601. The number of hydrogen-bond acceptors (Lipinski definition) is 4. The van der Waals surface area contributed by atoms with E-state index >= 15 is 0 Å². The number of aromatic amines is 1. The number of H-pyrrole nitrogens is 1. The first-order chi connectivity index (χ1) is 13.1. The third-order valence-electron chi connectivity index (χ3n) is 4.16. The molecule has 1 heterocycles. The van der Waals surface area contributed by atoms with Crippen LogP contribution in [0.4, 0.5) is 5.69 Å². The van der Waals surface area contributed by atoms with E-state index in [1.807, 2.05) is 36.4 Å². The van der Waals surface area contributed by atoms with Gasteiger partial charge in [0.25, 0.3) is 10.0 Å². The zero-order valence-corrected chi connectivity index (χ0v) is 14.9. The number of nitriles is 1. The molecule has 0 aliphatic carbocycles. The summed E-state index contributed by atoms with van der Waals surface area (Å²) < 4.78 is 28.0. The SMILES string of the molecule is N#Cc1ccccc1S(=O)(=O)Nc1ccc2[nH]nc(-c3ccccc3)c2c1. The molecule has 132 valence electrons. The van der Waals surface area contributed by atoms with E-state index in [-0.39, 0.29) is 10.5 Å². The van der Waals surface area contributed by atoms with Crippen molar-refractivity contribution in [2.24, 2.45) is 0 Å². The van der Waals surface area contributed by atoms with Crippen molar-refractivity contribution in [3.8, 4) is 17.3 Å². The van der Waals surface area contributed by atoms with Gasteiger partial charge in [-0.05, 0) is 30.3 Å². The number of aromatic nitrogens is 2. The Labute approximate surface area is 156 Å². The molecule has 0 aliphatic heterocycles. The van der Waals surface area contributed by atoms with Crippen LogP contribution in [0.3, 0.4) is 0 Å². The highest BCUT2D eigenvalue weighted by atomic mass is 32.2. The first kappa shape index (κ1) is 16.8. The molecule has 0 unspecified atom stereocenters. The average molecular weight is 374 g/mol. The molecule has 0 radical (unpaired) electrons. The summed E-state index contributed by atoms with van der Waals surface area (Å²) in [6.07, 6.45) is 0. The lowest BCUT2D eigenvalue weighted by Crippen LogP contribution is -2.14. The fraction of sp³-hybridized carbons (Fsp3) is 0. The Morgan fingerprint density at radius 3 is 2.48 bits per heavy atom. The zero-order chi connectivity index (χ0) is 18.9. The molecule has 2 N–H and O–H groups in total. The van der Waals surface area contributed by atoms with Crippen LogP contribution in [0.25, 0.3) is 22.2 Å². The van der Waals surface area contributed by atoms with Gasteiger partial charge in [0.05, 0.1) is 16.8 Å². The van der Waals surface area contributed by atoms with Gasteiger partial charge in [0.15, 0.2) is 0 Å². The monoisotopic (exact) mass is 374 g/mol. The highest BCUT2D eigenvalue weighted by molar-refractivity contribution is 7.92. The molecule has 0 amide bonds. The highest BCUT2D eigenvalue weighted by Gasteiger charge is 2.19. The van der Waals surface area contributed by atoms with E-state index in [9.17, 15) is 8.42 Å². The van der Waals surface area contributed by atoms with Crippen LogP contribution in [-0.2, 0) is 10.0 Å². The average Bonchev–Trinajstić information content (AvgIpc) is 3.11. The number of benzene rings is 3. The second kappa shape index (κ2) is 6.59. The summed E-state index contributed by atoms with van der Waals surface area (Å²) in [5, 5.41) is 17.3. The van der Waals surface area contributed by atoms with Crippen LogP contribution >= 0.6 is 0 Å². The van der Waals surface area contributed by atoms with Crippen LogP contribution in [0, 0.1) is 11.3 Å². The van der Waals surface area contributed by atoms with E-state index in [2.05, 4.69) is 14.9 Å². The van der Waals surface area contributed by atoms with E-state index in [0.717, 1.165) is 22.2 Å². The maximum absolute atomic E-state index is 12.7. The standard InChI is InChI=1S/C20H14N4O2S/c21-13-15-8-4-5-9-19(15)27(25,26)24-16-10-11-18-17(12-16)20(23-22-18)14-6-2-1-3-7-14/h1-12,24H,(H,22,23). The fourth-order valence-electron chi connectivity index (χ4n) is 2.90. The number of nitrogens with zero attached hydrogens (tertiary/aromatic N) is 2. The van der Waals surface area contributed by atoms with Gasteiger partial charge >= 0.3 is 0 Å². The molecule has 3 aromatic carbocycles. The van der Waals surface area contributed by atoms with Gasteiger partial charge in [0, 0.05) is 16.6 Å². The smallest absolute Gasteiger partial charge is 0.263 e. The summed E-state index contributed by atoms with van der Waals surface area (Å²) in [5.74, 6) is 0. The third kappa shape index (κ3) is 3.14. The second-order valence-electron chi connectivity index (χ2n) is 5.91. The van der Waals surface area contributed by atoms with Crippen LogP contribution in [0.15, 0.2) is 77.7 Å². The van der Waals surface area contributed by atoms with Crippen molar-refractivity contribution in [2.45, 2.75) is 4.90 Å². The Hall–Kier alpha value is -3.63. The Morgan fingerprint density at radius 1 is 0.963 bits per heavy atom. The first-order valence-electron chi connectivity index (χ1n) is 8.14. The van der Waals surface area contributed by atoms with E-state index in [1.54, 1.807) is 30.3 Å². The van der Waals surface area contributed by atoms with Crippen molar-refractivity contribution < 1.29 is 8.42 Å². The number of nitrogens with one attached hydrogen (secondary N) is 2. The second-order valence-corrected chi connectivity index (χ2v) is 7.56. The maximum atomic E-state index is 12.7. The Kier molecular flexibility index (Phi) is 4.11. The first-order valence-corrected chi connectivity index (χ1v) is 9.62. The predicted molar refractivity (Wildman–Crippen MR) is 103 cm³/mol. The molecule has 1 aromatic heterocycles. The zero-order valence-electron chi connectivity index (χ0n) is 14.0. The molecule has 0 saturated carbocycles. The minimum atomic E-state index is -3.89. The van der Waals surface area contributed by atoms with E-state index in [1.165, 1.54) is 12.1 Å². The van der Waals surface area contributed by atoms with Crippen LogP contribution in [-0.4, -0.2) is 18.6 Å². The molecule has 0 spiro atoms. The molecular weight excluding hydrogens is 360 g/mol. The molecule has 4 rings (SSSR count). The molecule has 27 heavy (non-hydrogen) atoms. The summed E-state index contributed by atoms with van der Waals surface area (Å²) in [6.45, 7) is 0. The normalized spacial score (nSPS) is 11.2. The molecule has 0 fully saturated rings. The van der Waals surface area contributed by atoms with Gasteiger partial charge in [-0.1, -0.05) is 42.5 Å². The number of hydrogen-bond donors (Lipinski definition) is 2. The minimum Gasteiger partial charge on any atom is -0.280 e. The van der Waals surface area contributed by atoms with Gasteiger partial charge in [-0.2, -0.15) is 10.4 Å². The largest absolute Gasteiger partial charge is 0.280 e. The van der Waals surface area contributed by atoms with Gasteiger partial charge < -0.3 is 0 Å². The molecule has 0 bridgehead atoms. The number of anilines is 1. The van der Waals surface area contributed by atoms with Gasteiger partial charge in [-0.25, -0.2) is 8.42 Å². The van der Waals surface area contributed by atoms with Crippen molar-refractivity contribution in [3.63, 3.8) is 0 Å². The number of rotatable bonds is 4. The van der Waals surface area contributed by atoms with E-state index < -0.39 is 10.0 Å². The van der Waals surface area contributed by atoms with E-state index in [0.29, 0.717) is 5.69 Å². The van der Waals surface area contributed by atoms with Crippen molar-refractivity contribution in [1.29, 1.82) is 5.26 Å². The molecule has 7 heteroatoms. The van der Waals surface area contributed by atoms with Crippen molar-refractivity contribution >= 4 is 26.6 Å². The lowest BCUT2D eigenvalue weighted by Gasteiger charge is -2.09. The van der Waals surface area contributed by atoms with Crippen LogP contribution in [0.1, 0.15) is 5.56 Å². The third-order valence-corrected chi connectivity index (χ3v) is 5.60. The fourth-order valence-corrected chi connectivity index (χ4v) is 4.11. The summed E-state index contributed by atoms with van der Waals surface area (Å²) in [5.41, 5.74) is 2.96. The summed E-state index contributed by atoms with van der Waals surface area (Å²) in [4.78, 5) is -0.0527. The lowest BCUT2D eigenvalue weighted by atomic mass is 10.1. The maximum Gasteiger partial charge on any atom is 0.263 e. The molecule has 0 aliphatic rings. The molecule has 0 saturated heterocycles. The minimum absolute atomic E-state index is 0.0527. The van der Waals surface area contributed by atoms with Gasteiger partial charge in [-0.15, -0.1) is 0 Å². The summed E-state index contributed by atoms with van der Waals surface area (Å²) in [6, 6.07) is 22.8. The predicted octanol–water partition coefficient (Wildman–Crippen LogP) is 3.90. The van der Waals surface area contributed by atoms with Crippen molar-refractivity contribution in [2.75, 3.05) is 4.72 Å². The highest BCUT2D eigenvalue weighted by Crippen LogP contribution is 2.29. The number of fused-ring (bicyclic) bond motifs is 1. The number of sulfonamides is 1. The topological polar surface area (TPSA) is 98.6 Å². The molecule has 0 atom stereocenters. The summed E-state index contributed by atoms with van der Waals surface area (Å²) in [7, 11) is -3.89. The molecular formula is C20H14N4O2S. The van der Waals surface area contributed by atoms with Gasteiger partial charge in [0.2, 0.25) is 0 Å². The van der Waals surface area contributed by atoms with Crippen molar-refractivity contribution in [3.05, 3.63) is 78.4 Å². The van der Waals surface area contributed by atoms with Crippen LogP contribution in [0.2, 0.25) is 0 Å². The van der Waals surface area contributed by atoms with Crippen molar-refractivity contribution in [1.82, 2.24) is 10.2 Å². The van der Waals surface area contributed by atoms with Crippen LogP contribution in [0.5, 0.6) is 0 Å². The Balaban J connectivity index is 1.76. The molecule has 4 aromatic rings. The molecule has 6 nitrogen and oxygen atoms in total. The van der Waals surface area contributed by atoms with E-state index in [4.69, 9.17) is 5.26 Å². The quantitative estimate of drug-likeness (QED) is 0.566. The Morgan fingerprint density at radius 2 is 1.70 bits per heavy atom.